The first kappa shape index (κ1) is 13.8. The Labute approximate surface area is 128 Å². The molecule has 1 fully saturated rings. The van der Waals surface area contributed by atoms with Gasteiger partial charge in [-0.05, 0) is 44.9 Å². The predicted octanol–water partition coefficient (Wildman–Crippen LogP) is 4.39. The summed E-state index contributed by atoms with van der Waals surface area (Å²) in [4.78, 5) is 2.53. The van der Waals surface area contributed by atoms with Crippen LogP contribution in [0, 0.1) is 13.8 Å². The molecule has 2 aromatic rings. The quantitative estimate of drug-likeness (QED) is 0.833. The monoisotopic (exact) mass is 334 g/mol. The maximum absolute atomic E-state index is 5.34. The van der Waals surface area contributed by atoms with Gasteiger partial charge < -0.3 is 4.52 Å². The summed E-state index contributed by atoms with van der Waals surface area (Å²) < 4.78 is 6.53. The summed E-state index contributed by atoms with van der Waals surface area (Å²) in [7, 11) is 0. The molecule has 4 heteroatoms. The second-order valence-electron chi connectivity index (χ2n) is 5.46. The number of aryl methyl sites for hydroxylation is 2. The molecular formula is C16H19BrN2O. The molecule has 1 aromatic heterocycles. The number of rotatable bonds is 3. The van der Waals surface area contributed by atoms with Gasteiger partial charge in [0.2, 0.25) is 0 Å². The lowest BCUT2D eigenvalue weighted by molar-refractivity contribution is 0.245. The number of likely N-dealkylation sites (tertiary alicyclic amines) is 1. The Hall–Kier alpha value is -1.13. The van der Waals surface area contributed by atoms with Crippen LogP contribution in [0.1, 0.15) is 41.5 Å². The summed E-state index contributed by atoms with van der Waals surface area (Å²) in [5, 5.41) is 4.11. The molecule has 106 valence electrons. The number of hydrogen-bond acceptors (Lipinski definition) is 3. The topological polar surface area (TPSA) is 29.3 Å². The van der Waals surface area contributed by atoms with E-state index in [1.54, 1.807) is 0 Å². The van der Waals surface area contributed by atoms with E-state index in [1.807, 2.05) is 13.8 Å². The second-order valence-corrected chi connectivity index (χ2v) is 6.31. The first-order chi connectivity index (χ1) is 9.66. The molecule has 0 N–H and O–H groups in total. The Bertz CT molecular complexity index is 589. The number of halogens is 1. The smallest absolute Gasteiger partial charge is 0.138 e. The normalized spacial score (nSPS) is 19.6. The van der Waals surface area contributed by atoms with E-state index in [9.17, 15) is 0 Å². The van der Waals surface area contributed by atoms with Crippen LogP contribution in [-0.2, 0) is 6.54 Å². The minimum Gasteiger partial charge on any atom is -0.361 e. The fourth-order valence-electron chi connectivity index (χ4n) is 3.15. The third-order valence-corrected chi connectivity index (χ3v) is 4.89. The molecule has 3 rings (SSSR count). The van der Waals surface area contributed by atoms with E-state index in [4.69, 9.17) is 4.52 Å². The minimum absolute atomic E-state index is 0.438. The fraction of sp³-hybridized carbons (Fsp3) is 0.438. The molecule has 1 saturated heterocycles. The van der Waals surface area contributed by atoms with Gasteiger partial charge in [-0.25, -0.2) is 0 Å². The zero-order valence-electron chi connectivity index (χ0n) is 11.9. The summed E-state index contributed by atoms with van der Waals surface area (Å²) in [6.45, 7) is 6.16. The van der Waals surface area contributed by atoms with Crippen molar-refractivity contribution in [3.05, 3.63) is 51.3 Å². The van der Waals surface area contributed by atoms with Crippen LogP contribution >= 0.6 is 15.9 Å². The molecule has 0 bridgehead atoms. The SMILES string of the molecule is Cc1noc(C)c1[C@@H]1CCCN1Cc1ccccc1Br. The molecule has 1 aliphatic rings. The Kier molecular flexibility index (Phi) is 3.94. The number of hydrogen-bond donors (Lipinski definition) is 0. The van der Waals surface area contributed by atoms with Crippen LogP contribution in [0.5, 0.6) is 0 Å². The van der Waals surface area contributed by atoms with E-state index in [0.717, 1.165) is 24.5 Å². The van der Waals surface area contributed by atoms with E-state index in [2.05, 4.69) is 50.3 Å². The summed E-state index contributed by atoms with van der Waals surface area (Å²) in [6.07, 6.45) is 2.42. The van der Waals surface area contributed by atoms with Crippen molar-refractivity contribution in [1.82, 2.24) is 10.1 Å². The molecule has 0 aliphatic carbocycles. The van der Waals surface area contributed by atoms with Crippen molar-refractivity contribution in [2.45, 2.75) is 39.3 Å². The molecule has 1 atom stereocenters. The highest BCUT2D eigenvalue weighted by molar-refractivity contribution is 9.10. The van der Waals surface area contributed by atoms with Crippen LogP contribution in [-0.4, -0.2) is 16.6 Å². The zero-order valence-corrected chi connectivity index (χ0v) is 13.5. The van der Waals surface area contributed by atoms with E-state index in [1.165, 1.54) is 28.4 Å². The molecule has 1 aliphatic heterocycles. The number of nitrogens with zero attached hydrogens (tertiary/aromatic N) is 2. The second kappa shape index (κ2) is 5.70. The lowest BCUT2D eigenvalue weighted by Gasteiger charge is -2.25. The van der Waals surface area contributed by atoms with Gasteiger partial charge in [0.25, 0.3) is 0 Å². The van der Waals surface area contributed by atoms with Crippen LogP contribution in [0.15, 0.2) is 33.3 Å². The molecule has 0 unspecified atom stereocenters. The van der Waals surface area contributed by atoms with Gasteiger partial charge in [-0.2, -0.15) is 0 Å². The summed E-state index contributed by atoms with van der Waals surface area (Å²) >= 11 is 3.64. The van der Waals surface area contributed by atoms with E-state index in [0.29, 0.717) is 6.04 Å². The maximum atomic E-state index is 5.34. The number of benzene rings is 1. The highest BCUT2D eigenvalue weighted by Crippen LogP contribution is 2.37. The molecule has 0 spiro atoms. The van der Waals surface area contributed by atoms with Crippen LogP contribution in [0.25, 0.3) is 0 Å². The highest BCUT2D eigenvalue weighted by atomic mass is 79.9. The van der Waals surface area contributed by atoms with Crippen LogP contribution < -0.4 is 0 Å². The van der Waals surface area contributed by atoms with Gasteiger partial charge in [0.1, 0.15) is 5.76 Å². The first-order valence-corrected chi connectivity index (χ1v) is 7.86. The van der Waals surface area contributed by atoms with Crippen molar-refractivity contribution < 1.29 is 4.52 Å². The Balaban J connectivity index is 1.85. The van der Waals surface area contributed by atoms with Crippen molar-refractivity contribution in [1.29, 1.82) is 0 Å². The van der Waals surface area contributed by atoms with E-state index in [-0.39, 0.29) is 0 Å². The van der Waals surface area contributed by atoms with Crippen LogP contribution in [0.3, 0.4) is 0 Å². The molecule has 20 heavy (non-hydrogen) atoms. The summed E-state index contributed by atoms with van der Waals surface area (Å²) in [5.41, 5.74) is 3.66. The average molecular weight is 335 g/mol. The first-order valence-electron chi connectivity index (χ1n) is 7.07. The molecule has 0 saturated carbocycles. The van der Waals surface area contributed by atoms with Gasteiger partial charge in [-0.15, -0.1) is 0 Å². The van der Waals surface area contributed by atoms with Gasteiger partial charge in [-0.1, -0.05) is 39.3 Å². The van der Waals surface area contributed by atoms with Gasteiger partial charge in [0.15, 0.2) is 0 Å². The van der Waals surface area contributed by atoms with E-state index < -0.39 is 0 Å². The third-order valence-electron chi connectivity index (χ3n) is 4.12. The largest absolute Gasteiger partial charge is 0.361 e. The molecule has 3 nitrogen and oxygen atoms in total. The fourth-order valence-corrected chi connectivity index (χ4v) is 3.56. The maximum Gasteiger partial charge on any atom is 0.138 e. The van der Waals surface area contributed by atoms with Crippen LogP contribution in [0.4, 0.5) is 0 Å². The Morgan fingerprint density at radius 1 is 1.35 bits per heavy atom. The van der Waals surface area contributed by atoms with Crippen molar-refractivity contribution in [2.75, 3.05) is 6.54 Å². The predicted molar refractivity (Wildman–Crippen MR) is 82.5 cm³/mol. The minimum atomic E-state index is 0.438. The van der Waals surface area contributed by atoms with Gasteiger partial charge in [0.05, 0.1) is 5.69 Å². The average Bonchev–Trinajstić information content (AvgIpc) is 2.99. The van der Waals surface area contributed by atoms with Gasteiger partial charge in [0, 0.05) is 22.6 Å². The standard InChI is InChI=1S/C16H19BrN2O/c1-11-16(12(2)20-18-11)15-8-5-9-19(15)10-13-6-3-4-7-14(13)17/h3-4,6-7,15H,5,8-10H2,1-2H3/t15-/m0/s1. The molecule has 0 amide bonds. The Morgan fingerprint density at radius 2 is 2.15 bits per heavy atom. The highest BCUT2D eigenvalue weighted by Gasteiger charge is 2.30. The number of aromatic nitrogens is 1. The molecule has 0 radical (unpaired) electrons. The van der Waals surface area contributed by atoms with Crippen molar-refractivity contribution in [2.24, 2.45) is 0 Å². The molecule has 1 aromatic carbocycles. The molecule has 2 heterocycles. The van der Waals surface area contributed by atoms with Crippen molar-refractivity contribution in [3.8, 4) is 0 Å². The summed E-state index contributed by atoms with van der Waals surface area (Å²) in [5.74, 6) is 0.964. The Morgan fingerprint density at radius 3 is 2.85 bits per heavy atom. The van der Waals surface area contributed by atoms with Crippen molar-refractivity contribution in [3.63, 3.8) is 0 Å². The van der Waals surface area contributed by atoms with Crippen molar-refractivity contribution >= 4 is 15.9 Å². The van der Waals surface area contributed by atoms with Gasteiger partial charge >= 0.3 is 0 Å². The lowest BCUT2D eigenvalue weighted by atomic mass is 10.0. The van der Waals surface area contributed by atoms with Gasteiger partial charge in [-0.3, -0.25) is 4.90 Å². The molecular weight excluding hydrogens is 316 g/mol. The van der Waals surface area contributed by atoms with E-state index >= 15 is 0 Å². The lowest BCUT2D eigenvalue weighted by Crippen LogP contribution is -2.23. The van der Waals surface area contributed by atoms with Crippen LogP contribution in [0.2, 0.25) is 0 Å². The third kappa shape index (κ3) is 2.54. The summed E-state index contributed by atoms with van der Waals surface area (Å²) in [6, 6.07) is 8.89. The zero-order chi connectivity index (χ0) is 14.1.